The molecule has 1 rings (SSSR count). The molecular weight excluding hydrogens is 203 g/mol. The average Bonchev–Trinajstić information content (AvgIpc) is 1.85. The van der Waals surface area contributed by atoms with E-state index in [9.17, 15) is 8.42 Å². The van der Waals surface area contributed by atoms with Crippen LogP contribution in [-0.4, -0.2) is 66.1 Å². The molecule has 0 bridgehead atoms. The van der Waals surface area contributed by atoms with Gasteiger partial charge in [0.25, 0.3) is 0 Å². The zero-order valence-electron chi connectivity index (χ0n) is 6.02. The van der Waals surface area contributed by atoms with Crippen LogP contribution in [0.3, 0.4) is 0 Å². The molecule has 0 fully saturated rings. The minimum atomic E-state index is -3.38. The normalized spacial score (nSPS) is 10.1. The van der Waals surface area contributed by atoms with Crippen LogP contribution in [-0.2, 0) is 10.1 Å². The fraction of sp³-hybridized carbons (Fsp3) is 0.143. The zero-order valence-corrected chi connectivity index (χ0v) is 6.84. The van der Waals surface area contributed by atoms with Crippen LogP contribution in [0.1, 0.15) is 0 Å². The Balaban J connectivity index is 0.00000121. The molecule has 0 atom stereocenters. The summed E-state index contributed by atoms with van der Waals surface area (Å²) in [7, 11) is -3.38. The topological polar surface area (TPSA) is 43.4 Å². The minimum absolute atomic E-state index is 0. The van der Waals surface area contributed by atoms with Gasteiger partial charge in [0, 0.05) is 0 Å². The molecule has 0 aliphatic rings. The molecule has 12 heavy (non-hydrogen) atoms. The molecule has 0 unspecified atom stereocenters. The number of benzene rings is 1. The van der Waals surface area contributed by atoms with Gasteiger partial charge in [-0.15, -0.1) is 0 Å². The standard InChI is InChI=1S/C7H8O3S.K.H/c1-11(8,9)10-7-5-3-2-4-6-7;;/h2-6H,1H3;;. The van der Waals surface area contributed by atoms with Crippen LogP contribution in [0, 0.1) is 0 Å². The van der Waals surface area contributed by atoms with Crippen LogP contribution < -0.4 is 4.18 Å². The molecule has 62 valence electrons. The van der Waals surface area contributed by atoms with Gasteiger partial charge < -0.3 is 4.18 Å². The van der Waals surface area contributed by atoms with E-state index in [4.69, 9.17) is 0 Å². The summed E-state index contributed by atoms with van der Waals surface area (Å²) in [6.45, 7) is 0. The van der Waals surface area contributed by atoms with Crippen LogP contribution in [0.15, 0.2) is 30.3 Å². The molecule has 0 heterocycles. The molecular formula is C7H9KO3S. The van der Waals surface area contributed by atoms with E-state index in [-0.39, 0.29) is 51.4 Å². The third-order valence-electron chi connectivity index (χ3n) is 0.991. The van der Waals surface area contributed by atoms with Crippen molar-refractivity contribution >= 4 is 61.5 Å². The van der Waals surface area contributed by atoms with Crippen molar-refractivity contribution in [2.24, 2.45) is 0 Å². The Bertz CT molecular complexity index is 320. The Labute approximate surface area is 115 Å². The first kappa shape index (κ1) is 12.6. The SMILES string of the molecule is CS(=O)(=O)Oc1ccccc1.[KH]. The van der Waals surface area contributed by atoms with Gasteiger partial charge in [0.2, 0.25) is 0 Å². The zero-order chi connectivity index (χ0) is 8.32. The Hall–Kier alpha value is 0.606. The molecule has 3 nitrogen and oxygen atoms in total. The molecule has 5 heteroatoms. The molecule has 0 amide bonds. The summed E-state index contributed by atoms with van der Waals surface area (Å²) >= 11 is 0. The molecule has 1 aromatic carbocycles. The van der Waals surface area contributed by atoms with Gasteiger partial charge in [-0.05, 0) is 12.1 Å². The Morgan fingerprint density at radius 3 is 2.08 bits per heavy atom. The second-order valence-electron chi connectivity index (χ2n) is 2.10. The van der Waals surface area contributed by atoms with E-state index in [1.54, 1.807) is 30.3 Å². The van der Waals surface area contributed by atoms with Crippen LogP contribution in [0.4, 0.5) is 0 Å². The summed E-state index contributed by atoms with van der Waals surface area (Å²) in [4.78, 5) is 0. The van der Waals surface area contributed by atoms with Crippen molar-refractivity contribution in [3.8, 4) is 5.75 Å². The summed E-state index contributed by atoms with van der Waals surface area (Å²) < 4.78 is 25.7. The maximum absolute atomic E-state index is 10.6. The Morgan fingerprint density at radius 2 is 1.67 bits per heavy atom. The predicted octanol–water partition coefficient (Wildman–Crippen LogP) is 0.377. The summed E-state index contributed by atoms with van der Waals surface area (Å²) in [5.41, 5.74) is 0. The number of hydrogen-bond acceptors (Lipinski definition) is 3. The van der Waals surface area contributed by atoms with Crippen molar-refractivity contribution in [1.29, 1.82) is 0 Å². The summed E-state index contributed by atoms with van der Waals surface area (Å²) in [6, 6.07) is 8.37. The van der Waals surface area contributed by atoms with E-state index in [1.807, 2.05) is 0 Å². The first-order valence-corrected chi connectivity index (χ1v) is 4.84. The molecule has 0 N–H and O–H groups in total. The van der Waals surface area contributed by atoms with E-state index in [2.05, 4.69) is 4.18 Å². The van der Waals surface area contributed by atoms with Crippen molar-refractivity contribution in [1.82, 2.24) is 0 Å². The van der Waals surface area contributed by atoms with Gasteiger partial charge in [0.15, 0.2) is 0 Å². The van der Waals surface area contributed by atoms with Gasteiger partial charge in [0.05, 0.1) is 6.26 Å². The molecule has 0 saturated carbocycles. The molecule has 0 aromatic heterocycles. The van der Waals surface area contributed by atoms with Gasteiger partial charge >= 0.3 is 61.5 Å². The number of hydrogen-bond donors (Lipinski definition) is 0. The first-order valence-electron chi connectivity index (χ1n) is 3.02. The maximum atomic E-state index is 10.6. The van der Waals surface area contributed by atoms with Gasteiger partial charge in [0.1, 0.15) is 5.75 Å². The molecule has 0 spiro atoms. The van der Waals surface area contributed by atoms with Crippen molar-refractivity contribution < 1.29 is 12.6 Å². The van der Waals surface area contributed by atoms with Gasteiger partial charge in [-0.25, -0.2) is 0 Å². The third-order valence-corrected chi connectivity index (χ3v) is 1.49. The Kier molecular flexibility index (Phi) is 5.63. The third kappa shape index (κ3) is 5.29. The monoisotopic (exact) mass is 212 g/mol. The van der Waals surface area contributed by atoms with Crippen LogP contribution >= 0.6 is 0 Å². The first-order chi connectivity index (χ1) is 5.08. The molecule has 0 aliphatic carbocycles. The van der Waals surface area contributed by atoms with Gasteiger partial charge in [-0.1, -0.05) is 18.2 Å². The van der Waals surface area contributed by atoms with Crippen molar-refractivity contribution in [3.63, 3.8) is 0 Å². The van der Waals surface area contributed by atoms with Gasteiger partial charge in [-0.3, -0.25) is 0 Å². The average molecular weight is 212 g/mol. The quantitative estimate of drug-likeness (QED) is 0.526. The Morgan fingerprint density at radius 1 is 1.17 bits per heavy atom. The molecule has 0 saturated heterocycles. The van der Waals surface area contributed by atoms with Crippen LogP contribution in [0.2, 0.25) is 0 Å². The van der Waals surface area contributed by atoms with E-state index in [1.165, 1.54) is 0 Å². The van der Waals surface area contributed by atoms with Gasteiger partial charge in [-0.2, -0.15) is 8.42 Å². The fourth-order valence-electron chi connectivity index (χ4n) is 0.651. The summed E-state index contributed by atoms with van der Waals surface area (Å²) in [6.07, 6.45) is 1.01. The van der Waals surface area contributed by atoms with E-state index in [0.717, 1.165) is 6.26 Å². The second kappa shape index (κ2) is 5.36. The van der Waals surface area contributed by atoms with E-state index >= 15 is 0 Å². The van der Waals surface area contributed by atoms with E-state index < -0.39 is 10.1 Å². The second-order valence-corrected chi connectivity index (χ2v) is 3.68. The summed E-state index contributed by atoms with van der Waals surface area (Å²) in [5, 5.41) is 0. The van der Waals surface area contributed by atoms with Crippen molar-refractivity contribution in [2.75, 3.05) is 6.26 Å². The van der Waals surface area contributed by atoms with Crippen molar-refractivity contribution in [3.05, 3.63) is 30.3 Å². The fourth-order valence-corrected chi connectivity index (χ4v) is 1.11. The van der Waals surface area contributed by atoms with Crippen LogP contribution in [0.5, 0.6) is 5.75 Å². The van der Waals surface area contributed by atoms with Crippen molar-refractivity contribution in [2.45, 2.75) is 0 Å². The number of para-hydroxylation sites is 1. The number of rotatable bonds is 2. The molecule has 0 aliphatic heterocycles. The molecule has 1 aromatic rings. The summed E-state index contributed by atoms with van der Waals surface area (Å²) in [5.74, 6) is 0.343. The van der Waals surface area contributed by atoms with E-state index in [0.29, 0.717) is 5.75 Å². The predicted molar refractivity (Wildman–Crippen MR) is 49.1 cm³/mol. The van der Waals surface area contributed by atoms with Crippen LogP contribution in [0.25, 0.3) is 0 Å². The molecule has 0 radical (unpaired) electrons.